The highest BCUT2D eigenvalue weighted by atomic mass is 35.5. The molecule has 106 valence electrons. The van der Waals surface area contributed by atoms with E-state index in [9.17, 15) is 9.18 Å². The summed E-state index contributed by atoms with van der Waals surface area (Å²) in [6.07, 6.45) is 0. The van der Waals surface area contributed by atoms with Crippen molar-refractivity contribution in [2.24, 2.45) is 0 Å². The lowest BCUT2D eigenvalue weighted by atomic mass is 10.1. The summed E-state index contributed by atoms with van der Waals surface area (Å²) in [6.45, 7) is 7.83. The average molecular weight is 287 g/mol. The van der Waals surface area contributed by atoms with Crippen LogP contribution >= 0.6 is 11.6 Å². The molecule has 1 atom stereocenters. The molecule has 0 bridgehead atoms. The Morgan fingerprint density at radius 1 is 1.42 bits per heavy atom. The van der Waals surface area contributed by atoms with Gasteiger partial charge in [-0.3, -0.25) is 4.79 Å². The predicted molar refractivity (Wildman–Crippen MR) is 75.7 cm³/mol. The lowest BCUT2D eigenvalue weighted by Gasteiger charge is -2.22. The number of carbonyl (C=O) groups excluding carboxylic acids is 1. The van der Waals surface area contributed by atoms with E-state index >= 15 is 0 Å². The van der Waals surface area contributed by atoms with Gasteiger partial charge in [-0.25, -0.2) is 4.39 Å². The summed E-state index contributed by atoms with van der Waals surface area (Å²) >= 11 is 5.97. The van der Waals surface area contributed by atoms with Crippen LogP contribution in [0.1, 0.15) is 39.3 Å². The van der Waals surface area contributed by atoms with Crippen molar-refractivity contribution in [3.05, 3.63) is 34.6 Å². The maximum absolute atomic E-state index is 12.9. The number of benzene rings is 1. The fraction of sp³-hybridized carbons (Fsp3) is 0.500. The molecule has 1 unspecified atom stereocenters. The minimum atomic E-state index is -0.369. The minimum absolute atomic E-state index is 0.0856. The Bertz CT molecular complexity index is 457. The van der Waals surface area contributed by atoms with Crippen molar-refractivity contribution in [2.45, 2.75) is 39.3 Å². The van der Waals surface area contributed by atoms with E-state index in [4.69, 9.17) is 11.6 Å². The van der Waals surface area contributed by atoms with Gasteiger partial charge in [-0.2, -0.15) is 0 Å². The van der Waals surface area contributed by atoms with Crippen LogP contribution < -0.4 is 10.6 Å². The predicted octanol–water partition coefficient (Wildman–Crippen LogP) is 3.04. The van der Waals surface area contributed by atoms with Gasteiger partial charge in [0.05, 0.1) is 6.54 Å². The molecule has 0 aromatic heterocycles. The van der Waals surface area contributed by atoms with E-state index in [0.29, 0.717) is 5.02 Å². The molecular weight excluding hydrogens is 267 g/mol. The molecule has 19 heavy (non-hydrogen) atoms. The first kappa shape index (κ1) is 15.9. The van der Waals surface area contributed by atoms with Gasteiger partial charge >= 0.3 is 0 Å². The van der Waals surface area contributed by atoms with E-state index in [1.807, 2.05) is 27.7 Å². The molecule has 0 radical (unpaired) electrons. The molecule has 3 nitrogen and oxygen atoms in total. The van der Waals surface area contributed by atoms with Gasteiger partial charge in [-0.05, 0) is 45.4 Å². The second kappa shape index (κ2) is 6.35. The van der Waals surface area contributed by atoms with E-state index in [-0.39, 0.29) is 29.8 Å². The molecule has 0 fully saturated rings. The minimum Gasteiger partial charge on any atom is -0.350 e. The highest BCUT2D eigenvalue weighted by Crippen LogP contribution is 2.23. The Balaban J connectivity index is 2.56. The molecule has 0 spiro atoms. The standard InChI is InChI=1S/C14H20ClFN2O/c1-9(11-6-5-10(16)7-12(11)15)17-8-13(19)18-14(2,3)4/h5-7,9,17H,8H2,1-4H3,(H,18,19). The molecule has 1 aromatic carbocycles. The van der Waals surface area contributed by atoms with Crippen LogP contribution in [0, 0.1) is 5.82 Å². The molecule has 0 heterocycles. The molecular formula is C14H20ClFN2O. The summed E-state index contributed by atoms with van der Waals surface area (Å²) in [4.78, 5) is 11.7. The van der Waals surface area contributed by atoms with Gasteiger partial charge in [-0.15, -0.1) is 0 Å². The fourth-order valence-electron chi connectivity index (χ4n) is 1.67. The molecule has 0 aliphatic carbocycles. The van der Waals surface area contributed by atoms with Crippen LogP contribution in [-0.2, 0) is 4.79 Å². The van der Waals surface area contributed by atoms with Crippen LogP contribution in [0.4, 0.5) is 4.39 Å². The van der Waals surface area contributed by atoms with Gasteiger partial charge in [0.15, 0.2) is 0 Å². The molecule has 0 saturated heterocycles. The molecule has 1 aromatic rings. The topological polar surface area (TPSA) is 41.1 Å². The summed E-state index contributed by atoms with van der Waals surface area (Å²) in [7, 11) is 0. The maximum Gasteiger partial charge on any atom is 0.234 e. The van der Waals surface area contributed by atoms with E-state index in [2.05, 4.69) is 10.6 Å². The van der Waals surface area contributed by atoms with Gasteiger partial charge < -0.3 is 10.6 Å². The molecule has 0 saturated carbocycles. The number of nitrogens with one attached hydrogen (secondary N) is 2. The Morgan fingerprint density at radius 3 is 2.58 bits per heavy atom. The van der Waals surface area contributed by atoms with Crippen molar-refractivity contribution in [2.75, 3.05) is 6.54 Å². The largest absolute Gasteiger partial charge is 0.350 e. The SMILES string of the molecule is CC(NCC(=O)NC(C)(C)C)c1ccc(F)cc1Cl. The van der Waals surface area contributed by atoms with Crippen molar-refractivity contribution in [1.82, 2.24) is 10.6 Å². The van der Waals surface area contributed by atoms with Crippen molar-refractivity contribution in [3.8, 4) is 0 Å². The highest BCUT2D eigenvalue weighted by Gasteiger charge is 2.15. The molecule has 0 aliphatic heterocycles. The molecule has 0 aliphatic rings. The Labute approximate surface area is 118 Å². The molecule has 5 heteroatoms. The first-order chi connectivity index (χ1) is 8.69. The third kappa shape index (κ3) is 5.57. The lowest BCUT2D eigenvalue weighted by Crippen LogP contribution is -2.45. The fourth-order valence-corrected chi connectivity index (χ4v) is 2.00. The third-order valence-corrected chi connectivity index (χ3v) is 2.84. The van der Waals surface area contributed by atoms with Crippen LogP contribution in [0.25, 0.3) is 0 Å². The van der Waals surface area contributed by atoms with Gasteiger partial charge in [0.2, 0.25) is 5.91 Å². The van der Waals surface area contributed by atoms with Gasteiger partial charge in [0, 0.05) is 16.6 Å². The zero-order chi connectivity index (χ0) is 14.6. The van der Waals surface area contributed by atoms with Gasteiger partial charge in [-0.1, -0.05) is 17.7 Å². The summed E-state index contributed by atoms with van der Waals surface area (Å²) in [5.41, 5.74) is 0.516. The van der Waals surface area contributed by atoms with Gasteiger partial charge in [0.1, 0.15) is 5.82 Å². The number of amides is 1. The number of carbonyl (C=O) groups is 1. The Kier molecular flexibility index (Phi) is 5.32. The smallest absolute Gasteiger partial charge is 0.234 e. The normalized spacial score (nSPS) is 13.2. The Morgan fingerprint density at radius 2 is 2.05 bits per heavy atom. The van der Waals surface area contributed by atoms with Crippen LogP contribution in [-0.4, -0.2) is 18.0 Å². The van der Waals surface area contributed by atoms with Crippen LogP contribution in [0.15, 0.2) is 18.2 Å². The van der Waals surface area contributed by atoms with Crippen LogP contribution in [0.5, 0.6) is 0 Å². The van der Waals surface area contributed by atoms with E-state index in [1.54, 1.807) is 6.07 Å². The van der Waals surface area contributed by atoms with Crippen LogP contribution in [0.3, 0.4) is 0 Å². The second-order valence-corrected chi connectivity index (χ2v) is 5.97. The van der Waals surface area contributed by atoms with Crippen LogP contribution in [0.2, 0.25) is 5.02 Å². The summed E-state index contributed by atoms with van der Waals surface area (Å²) in [6, 6.07) is 4.12. The van der Waals surface area contributed by atoms with Crippen molar-refractivity contribution in [3.63, 3.8) is 0 Å². The Hall–Kier alpha value is -1.13. The van der Waals surface area contributed by atoms with E-state index < -0.39 is 0 Å². The van der Waals surface area contributed by atoms with E-state index in [1.165, 1.54) is 12.1 Å². The first-order valence-corrected chi connectivity index (χ1v) is 6.56. The van der Waals surface area contributed by atoms with E-state index in [0.717, 1.165) is 5.56 Å². The first-order valence-electron chi connectivity index (χ1n) is 6.18. The van der Waals surface area contributed by atoms with Gasteiger partial charge in [0.25, 0.3) is 0 Å². The molecule has 2 N–H and O–H groups in total. The number of rotatable bonds is 4. The lowest BCUT2D eigenvalue weighted by molar-refractivity contribution is -0.121. The quantitative estimate of drug-likeness (QED) is 0.893. The number of hydrogen-bond donors (Lipinski definition) is 2. The third-order valence-electron chi connectivity index (χ3n) is 2.51. The summed E-state index contributed by atoms with van der Waals surface area (Å²) < 4.78 is 12.9. The number of halogens is 2. The zero-order valence-corrected chi connectivity index (χ0v) is 12.4. The van der Waals surface area contributed by atoms with Crippen molar-refractivity contribution >= 4 is 17.5 Å². The summed E-state index contributed by atoms with van der Waals surface area (Å²) in [5, 5.41) is 6.28. The second-order valence-electron chi connectivity index (χ2n) is 5.57. The maximum atomic E-state index is 12.9. The monoisotopic (exact) mass is 286 g/mol. The van der Waals surface area contributed by atoms with Crippen molar-refractivity contribution in [1.29, 1.82) is 0 Å². The van der Waals surface area contributed by atoms with Crippen molar-refractivity contribution < 1.29 is 9.18 Å². The number of hydrogen-bond acceptors (Lipinski definition) is 2. The summed E-state index contributed by atoms with van der Waals surface area (Å²) in [5.74, 6) is -0.455. The molecule has 1 rings (SSSR count). The zero-order valence-electron chi connectivity index (χ0n) is 11.7. The average Bonchev–Trinajstić information content (AvgIpc) is 2.23. The highest BCUT2D eigenvalue weighted by molar-refractivity contribution is 6.31. The molecule has 1 amide bonds.